The first-order valence-electron chi connectivity index (χ1n) is 13.9. The molecule has 0 amide bonds. The largest absolute Gasteiger partial charge is 0.213 e. The summed E-state index contributed by atoms with van der Waals surface area (Å²) in [6.45, 7) is 24.3. The highest BCUT2D eigenvalue weighted by Gasteiger charge is 2.03. The van der Waals surface area contributed by atoms with Crippen LogP contribution in [0.3, 0.4) is 0 Å². The van der Waals surface area contributed by atoms with E-state index in [1.807, 2.05) is 93.8 Å². The molecule has 2 aromatic heterocycles. The molecule has 3 aromatic carbocycles. The van der Waals surface area contributed by atoms with Crippen molar-refractivity contribution in [3.63, 3.8) is 0 Å². The summed E-state index contributed by atoms with van der Waals surface area (Å²) in [4.78, 5) is 6.49. The molecule has 2 nitrogen and oxygen atoms in total. The number of pyridine rings is 2. The third-order valence-electron chi connectivity index (χ3n) is 4.78. The molecule has 2 heterocycles. The van der Waals surface area contributed by atoms with Gasteiger partial charge in [-0.1, -0.05) is 99.6 Å². The molecule has 0 unspecified atom stereocenters. The molecule has 0 fully saturated rings. The van der Waals surface area contributed by atoms with Gasteiger partial charge in [-0.2, -0.15) is 0 Å². The standard InChI is InChI=1S/C14H11N.C10H9N.5C2H6/c1-10-4-2-5-11-8-12-6-3-7-15-14(12)9-13(10)11;1-8-4-2-5-9-6-3-7-11-10(8)9;5*1-2/h2-9H,1H3;2-7H,1H3;5*1-2H3/p+2. The third kappa shape index (κ3) is 10.6. The summed E-state index contributed by atoms with van der Waals surface area (Å²) < 4.78 is 0. The Kier molecular flexibility index (Phi) is 21.5. The summed E-state index contributed by atoms with van der Waals surface area (Å²) in [6, 6.07) is 25.5. The highest BCUT2D eigenvalue weighted by atomic mass is 14.6. The second-order valence-electron chi connectivity index (χ2n) is 6.61. The van der Waals surface area contributed by atoms with Crippen LogP contribution in [-0.4, -0.2) is 0 Å². The normalized spacial score (nSPS) is 8.56. The maximum atomic E-state index is 3.27. The third-order valence-corrected chi connectivity index (χ3v) is 4.78. The Morgan fingerprint density at radius 2 is 0.917 bits per heavy atom. The second kappa shape index (κ2) is 22.2. The molecule has 0 aliphatic heterocycles. The van der Waals surface area contributed by atoms with E-state index in [9.17, 15) is 0 Å². The van der Waals surface area contributed by atoms with Gasteiger partial charge >= 0.3 is 0 Å². The molecule has 0 aliphatic rings. The van der Waals surface area contributed by atoms with Gasteiger partial charge in [0.15, 0.2) is 12.4 Å². The summed E-state index contributed by atoms with van der Waals surface area (Å²) >= 11 is 0. The van der Waals surface area contributed by atoms with Gasteiger partial charge < -0.3 is 0 Å². The molecule has 0 saturated heterocycles. The summed E-state index contributed by atoms with van der Waals surface area (Å²) in [5, 5.41) is 5.16. The van der Waals surface area contributed by atoms with E-state index in [0.717, 1.165) is 0 Å². The number of hydrogen-bond donors (Lipinski definition) is 0. The Balaban J connectivity index is 0. The van der Waals surface area contributed by atoms with Crippen LogP contribution in [0.5, 0.6) is 0 Å². The molecular weight excluding hydrogens is 436 g/mol. The van der Waals surface area contributed by atoms with Gasteiger partial charge in [0.1, 0.15) is 0 Å². The lowest BCUT2D eigenvalue weighted by Crippen LogP contribution is -2.02. The van der Waals surface area contributed by atoms with Crippen molar-refractivity contribution in [1.29, 1.82) is 0 Å². The molecule has 0 spiro atoms. The second-order valence-corrected chi connectivity index (χ2v) is 6.61. The van der Waals surface area contributed by atoms with Crippen molar-refractivity contribution in [3.8, 4) is 0 Å². The van der Waals surface area contributed by atoms with Gasteiger partial charge in [-0.05, 0) is 54.4 Å². The molecule has 0 radical (unpaired) electrons. The van der Waals surface area contributed by atoms with Gasteiger partial charge in [0.2, 0.25) is 11.0 Å². The number of hydrogen-bond acceptors (Lipinski definition) is 0. The molecule has 5 aromatic rings. The number of H-pyrrole nitrogens is 2. The predicted molar refractivity (Wildman–Crippen MR) is 165 cm³/mol. The number of fused-ring (bicyclic) bond motifs is 3. The highest BCUT2D eigenvalue weighted by molar-refractivity contribution is 5.96. The van der Waals surface area contributed by atoms with E-state index in [2.05, 4.69) is 84.5 Å². The first-order chi connectivity index (χ1) is 17.7. The number of aryl methyl sites for hydroxylation is 2. The predicted octanol–water partition coefficient (Wildman–Crippen LogP) is 10.2. The van der Waals surface area contributed by atoms with Gasteiger partial charge in [0, 0.05) is 34.5 Å². The van der Waals surface area contributed by atoms with Crippen molar-refractivity contribution < 1.29 is 9.97 Å². The van der Waals surface area contributed by atoms with Crippen LogP contribution in [0.4, 0.5) is 0 Å². The van der Waals surface area contributed by atoms with Crippen LogP contribution in [-0.2, 0) is 0 Å². The Morgan fingerprint density at radius 3 is 1.50 bits per heavy atom. The molecule has 0 aliphatic carbocycles. The van der Waals surface area contributed by atoms with Crippen molar-refractivity contribution in [3.05, 3.63) is 96.3 Å². The van der Waals surface area contributed by atoms with Gasteiger partial charge in [-0.25, -0.2) is 9.97 Å². The molecule has 2 N–H and O–H groups in total. The molecule has 2 heteroatoms. The van der Waals surface area contributed by atoms with Crippen molar-refractivity contribution in [2.45, 2.75) is 83.1 Å². The molecule has 0 bridgehead atoms. The van der Waals surface area contributed by atoms with Crippen LogP contribution < -0.4 is 9.97 Å². The van der Waals surface area contributed by atoms with Crippen molar-refractivity contribution in [2.75, 3.05) is 0 Å². The molecule has 0 saturated carbocycles. The smallest absolute Gasteiger partial charge is 0.211 e. The Labute approximate surface area is 221 Å². The van der Waals surface area contributed by atoms with Crippen LogP contribution in [0.15, 0.2) is 85.2 Å². The van der Waals surface area contributed by atoms with Gasteiger partial charge in [0.25, 0.3) is 0 Å². The number of aromatic amines is 2. The minimum absolute atomic E-state index is 1.19. The van der Waals surface area contributed by atoms with Gasteiger partial charge in [0.05, 0.1) is 0 Å². The summed E-state index contributed by atoms with van der Waals surface area (Å²) in [5.41, 5.74) is 5.05. The van der Waals surface area contributed by atoms with Crippen LogP contribution in [0, 0.1) is 13.8 Å². The van der Waals surface area contributed by atoms with Crippen molar-refractivity contribution >= 4 is 32.6 Å². The maximum Gasteiger partial charge on any atom is 0.213 e. The number of benzene rings is 3. The average molecular weight is 489 g/mol. The maximum absolute atomic E-state index is 3.27. The number of para-hydroxylation sites is 1. The zero-order valence-electron chi connectivity index (χ0n) is 25.1. The zero-order chi connectivity index (χ0) is 27.9. The van der Waals surface area contributed by atoms with E-state index in [1.165, 1.54) is 43.7 Å². The summed E-state index contributed by atoms with van der Waals surface area (Å²) in [7, 11) is 0. The fraction of sp³-hybridized carbons (Fsp3) is 0.353. The van der Waals surface area contributed by atoms with Crippen molar-refractivity contribution in [2.24, 2.45) is 0 Å². The summed E-state index contributed by atoms with van der Waals surface area (Å²) in [5.74, 6) is 0. The lowest BCUT2D eigenvalue weighted by atomic mass is 10.0. The van der Waals surface area contributed by atoms with Crippen LogP contribution in [0.1, 0.15) is 80.4 Å². The molecule has 196 valence electrons. The summed E-state index contributed by atoms with van der Waals surface area (Å²) in [6.07, 6.45) is 3.92. The SMILES string of the molecule is CC.CC.CC.CC.CC.Cc1cccc2cc3ccc[nH+]c3cc12.Cc1cccc2ccc[nH+]c12. The van der Waals surface area contributed by atoms with E-state index >= 15 is 0 Å². The first kappa shape index (κ1) is 34.9. The lowest BCUT2D eigenvalue weighted by Gasteiger charge is -2.01. The minimum Gasteiger partial charge on any atom is -0.211 e. The van der Waals surface area contributed by atoms with E-state index in [0.29, 0.717) is 0 Å². The lowest BCUT2D eigenvalue weighted by molar-refractivity contribution is -0.345. The quantitative estimate of drug-likeness (QED) is 0.194. The Morgan fingerprint density at radius 1 is 0.444 bits per heavy atom. The van der Waals surface area contributed by atoms with Crippen LogP contribution >= 0.6 is 0 Å². The fourth-order valence-corrected chi connectivity index (χ4v) is 3.36. The van der Waals surface area contributed by atoms with Gasteiger partial charge in [-0.3, -0.25) is 0 Å². The topological polar surface area (TPSA) is 28.3 Å². The van der Waals surface area contributed by atoms with Crippen LogP contribution in [0.25, 0.3) is 32.6 Å². The zero-order valence-corrected chi connectivity index (χ0v) is 25.1. The first-order valence-corrected chi connectivity index (χ1v) is 13.9. The molecule has 5 rings (SSSR count). The minimum atomic E-state index is 1.19. The van der Waals surface area contributed by atoms with Crippen molar-refractivity contribution in [1.82, 2.24) is 0 Å². The molecule has 36 heavy (non-hydrogen) atoms. The molecule has 0 atom stereocenters. The highest BCUT2D eigenvalue weighted by Crippen LogP contribution is 2.22. The van der Waals surface area contributed by atoms with E-state index in [-0.39, 0.29) is 0 Å². The number of nitrogens with one attached hydrogen (secondary N) is 2. The Bertz CT molecular complexity index is 1200. The molecular formula is C34H52N2+2. The monoisotopic (exact) mass is 488 g/mol. The van der Waals surface area contributed by atoms with Crippen LogP contribution in [0.2, 0.25) is 0 Å². The van der Waals surface area contributed by atoms with E-state index in [1.54, 1.807) is 0 Å². The number of aromatic nitrogens is 2. The van der Waals surface area contributed by atoms with E-state index in [4.69, 9.17) is 0 Å². The van der Waals surface area contributed by atoms with Gasteiger partial charge in [-0.15, -0.1) is 0 Å². The van der Waals surface area contributed by atoms with E-state index < -0.39 is 0 Å². The fourth-order valence-electron chi connectivity index (χ4n) is 3.36. The number of rotatable bonds is 0. The average Bonchev–Trinajstić information content (AvgIpc) is 2.98. The Hall–Kier alpha value is -3.26.